The molecule has 1 saturated heterocycles. The second kappa shape index (κ2) is 8.89. The molecular formula is C21H28N6O3S. The molecule has 9 nitrogen and oxygen atoms in total. The van der Waals surface area contributed by atoms with Crippen molar-refractivity contribution in [2.24, 2.45) is 0 Å². The van der Waals surface area contributed by atoms with Gasteiger partial charge in [-0.05, 0) is 31.7 Å². The number of nitrogens with zero attached hydrogens (tertiary/aromatic N) is 4. The van der Waals surface area contributed by atoms with Gasteiger partial charge in [-0.1, -0.05) is 6.92 Å². The first-order chi connectivity index (χ1) is 14.9. The van der Waals surface area contributed by atoms with E-state index in [-0.39, 0.29) is 11.8 Å². The van der Waals surface area contributed by atoms with Crippen LogP contribution < -0.4 is 10.2 Å². The first-order valence-electron chi connectivity index (χ1n) is 10.4. The average Bonchev–Trinajstić information content (AvgIpc) is 3.14. The van der Waals surface area contributed by atoms with Gasteiger partial charge in [0.05, 0.1) is 41.7 Å². The Morgan fingerprint density at radius 3 is 2.84 bits per heavy atom. The van der Waals surface area contributed by atoms with E-state index in [1.165, 1.54) is 6.26 Å². The van der Waals surface area contributed by atoms with Crippen LogP contribution in [0.4, 0.5) is 5.82 Å². The van der Waals surface area contributed by atoms with Gasteiger partial charge in [-0.3, -0.25) is 0 Å². The zero-order valence-corrected chi connectivity index (χ0v) is 18.9. The lowest BCUT2D eigenvalue weighted by Gasteiger charge is -2.36. The van der Waals surface area contributed by atoms with Gasteiger partial charge < -0.3 is 19.9 Å². The summed E-state index contributed by atoms with van der Waals surface area (Å²) in [7, 11) is -1.36. The molecule has 0 unspecified atom stereocenters. The number of hydrogen-bond donors (Lipinski definition) is 2. The number of H-pyrrole nitrogens is 1. The van der Waals surface area contributed by atoms with E-state index < -0.39 is 9.84 Å². The summed E-state index contributed by atoms with van der Waals surface area (Å²) in [5.74, 6) is 0.997. The molecule has 0 spiro atoms. The Balaban J connectivity index is 1.78. The van der Waals surface area contributed by atoms with Crippen molar-refractivity contribution in [2.75, 3.05) is 38.0 Å². The Bertz CT molecular complexity index is 1180. The molecule has 0 saturated carbocycles. The molecule has 1 aliphatic heterocycles. The summed E-state index contributed by atoms with van der Waals surface area (Å²) < 4.78 is 29.6. The molecule has 1 fully saturated rings. The summed E-state index contributed by atoms with van der Waals surface area (Å²) in [5, 5.41) is 3.12. The number of ether oxygens (including phenoxy) is 1. The van der Waals surface area contributed by atoms with Gasteiger partial charge in [-0.2, -0.15) is 0 Å². The van der Waals surface area contributed by atoms with Crippen molar-refractivity contribution in [3.63, 3.8) is 0 Å². The quantitative estimate of drug-likeness (QED) is 0.568. The minimum atomic E-state index is -3.25. The molecule has 1 aliphatic rings. The monoisotopic (exact) mass is 444 g/mol. The topological polar surface area (TPSA) is 113 Å². The predicted molar refractivity (Wildman–Crippen MR) is 121 cm³/mol. The molecule has 0 amide bonds. The average molecular weight is 445 g/mol. The van der Waals surface area contributed by atoms with Gasteiger partial charge in [0.15, 0.2) is 15.7 Å². The van der Waals surface area contributed by atoms with Crippen LogP contribution in [0.3, 0.4) is 0 Å². The summed E-state index contributed by atoms with van der Waals surface area (Å²) in [5.41, 5.74) is 3.87. The lowest BCUT2D eigenvalue weighted by atomic mass is 10.1. The Morgan fingerprint density at radius 2 is 2.10 bits per heavy atom. The number of sulfone groups is 1. The lowest BCUT2D eigenvalue weighted by molar-refractivity contribution is 0.0925. The van der Waals surface area contributed by atoms with Crippen LogP contribution in [0, 0.1) is 0 Å². The maximum atomic E-state index is 12.0. The lowest BCUT2D eigenvalue weighted by Crippen LogP contribution is -2.45. The number of fused-ring (bicyclic) bond motifs is 1. The Hall–Kier alpha value is -2.56. The molecule has 3 aromatic heterocycles. The molecule has 0 aromatic carbocycles. The summed E-state index contributed by atoms with van der Waals surface area (Å²) >= 11 is 0. The SMILES string of the molecule is CC[C@H]1COCCN1c1cc(CS(C)(=O)=O)nc(-c2ccc3[nH]c(CNC)cc3n2)n1. The molecule has 0 bridgehead atoms. The van der Waals surface area contributed by atoms with Gasteiger partial charge in [0.25, 0.3) is 0 Å². The summed E-state index contributed by atoms with van der Waals surface area (Å²) in [6, 6.07) is 7.77. The highest BCUT2D eigenvalue weighted by atomic mass is 32.2. The molecule has 0 aliphatic carbocycles. The third kappa shape index (κ3) is 5.03. The molecule has 166 valence electrons. The van der Waals surface area contributed by atoms with Crippen LogP contribution in [-0.2, 0) is 26.9 Å². The van der Waals surface area contributed by atoms with Crippen molar-refractivity contribution in [1.29, 1.82) is 0 Å². The maximum Gasteiger partial charge on any atom is 0.180 e. The fourth-order valence-electron chi connectivity index (χ4n) is 3.86. The minimum absolute atomic E-state index is 0.143. The minimum Gasteiger partial charge on any atom is -0.377 e. The molecule has 1 atom stereocenters. The highest BCUT2D eigenvalue weighted by Gasteiger charge is 2.24. The number of aromatic nitrogens is 4. The number of anilines is 1. The number of hydrogen-bond acceptors (Lipinski definition) is 8. The van der Waals surface area contributed by atoms with Crippen LogP contribution in [0.1, 0.15) is 24.7 Å². The fourth-order valence-corrected chi connectivity index (χ4v) is 4.54. The molecule has 31 heavy (non-hydrogen) atoms. The van der Waals surface area contributed by atoms with Crippen LogP contribution in [0.25, 0.3) is 22.6 Å². The van der Waals surface area contributed by atoms with E-state index >= 15 is 0 Å². The van der Waals surface area contributed by atoms with E-state index in [9.17, 15) is 8.42 Å². The van der Waals surface area contributed by atoms with Crippen LogP contribution in [-0.4, -0.2) is 67.5 Å². The van der Waals surface area contributed by atoms with E-state index in [2.05, 4.69) is 27.1 Å². The fraction of sp³-hybridized carbons (Fsp3) is 0.476. The first-order valence-corrected chi connectivity index (χ1v) is 12.5. The van der Waals surface area contributed by atoms with Gasteiger partial charge >= 0.3 is 0 Å². The highest BCUT2D eigenvalue weighted by molar-refractivity contribution is 7.89. The number of morpholine rings is 1. The third-order valence-corrected chi connectivity index (χ3v) is 6.12. The van der Waals surface area contributed by atoms with Gasteiger partial charge in [0.2, 0.25) is 0 Å². The molecule has 3 aromatic rings. The largest absolute Gasteiger partial charge is 0.377 e. The van der Waals surface area contributed by atoms with Crippen molar-refractivity contribution in [1.82, 2.24) is 25.3 Å². The molecular weight excluding hydrogens is 416 g/mol. The highest BCUT2D eigenvalue weighted by Crippen LogP contribution is 2.25. The van der Waals surface area contributed by atoms with E-state index in [0.717, 1.165) is 23.1 Å². The Morgan fingerprint density at radius 1 is 1.26 bits per heavy atom. The number of rotatable bonds is 7. The molecule has 0 radical (unpaired) electrons. The van der Waals surface area contributed by atoms with Crippen LogP contribution in [0.5, 0.6) is 0 Å². The van der Waals surface area contributed by atoms with E-state index in [1.54, 1.807) is 6.07 Å². The van der Waals surface area contributed by atoms with Crippen molar-refractivity contribution in [3.05, 3.63) is 35.7 Å². The van der Waals surface area contributed by atoms with Crippen molar-refractivity contribution in [2.45, 2.75) is 31.7 Å². The van der Waals surface area contributed by atoms with Gasteiger partial charge in [-0.15, -0.1) is 0 Å². The van der Waals surface area contributed by atoms with E-state index in [0.29, 0.717) is 49.3 Å². The van der Waals surface area contributed by atoms with Crippen LogP contribution in [0.2, 0.25) is 0 Å². The smallest absolute Gasteiger partial charge is 0.180 e. The Labute approximate surface area is 182 Å². The maximum absolute atomic E-state index is 12.0. The summed E-state index contributed by atoms with van der Waals surface area (Å²) in [6.45, 7) is 4.75. The normalized spacial score (nSPS) is 17.4. The summed E-state index contributed by atoms with van der Waals surface area (Å²) in [6.07, 6.45) is 2.12. The van der Waals surface area contributed by atoms with Crippen molar-refractivity contribution < 1.29 is 13.2 Å². The second-order valence-electron chi connectivity index (χ2n) is 7.90. The predicted octanol–water partition coefficient (Wildman–Crippen LogP) is 1.90. The molecule has 10 heteroatoms. The van der Waals surface area contributed by atoms with Crippen molar-refractivity contribution in [3.8, 4) is 11.5 Å². The van der Waals surface area contributed by atoms with E-state index in [1.807, 2.05) is 25.2 Å². The molecule has 4 heterocycles. The molecule has 4 rings (SSSR count). The van der Waals surface area contributed by atoms with Gasteiger partial charge in [0.1, 0.15) is 11.5 Å². The first kappa shape index (κ1) is 21.7. The standard InChI is InChI=1S/C21H28N6O3S/c1-4-16-12-30-8-7-27(16)20-10-15(13-31(3,28)29)24-21(26-20)18-6-5-17-19(25-18)9-14(23-17)11-22-2/h5-6,9-10,16,22-23H,4,7-8,11-13H2,1-3H3/t16-/m0/s1. The van der Waals surface area contributed by atoms with Crippen LogP contribution >= 0.6 is 0 Å². The van der Waals surface area contributed by atoms with Crippen LogP contribution in [0.15, 0.2) is 24.3 Å². The Kier molecular flexibility index (Phi) is 6.22. The van der Waals surface area contributed by atoms with Gasteiger partial charge in [-0.25, -0.2) is 23.4 Å². The van der Waals surface area contributed by atoms with Gasteiger partial charge in [0, 0.05) is 31.1 Å². The number of aromatic amines is 1. The molecule has 2 N–H and O–H groups in total. The third-order valence-electron chi connectivity index (χ3n) is 5.30. The zero-order chi connectivity index (χ0) is 22.0. The number of nitrogens with one attached hydrogen (secondary N) is 2. The summed E-state index contributed by atoms with van der Waals surface area (Å²) in [4.78, 5) is 19.6. The second-order valence-corrected chi connectivity index (χ2v) is 10.0. The van der Waals surface area contributed by atoms with E-state index in [4.69, 9.17) is 14.7 Å². The van der Waals surface area contributed by atoms with Crippen molar-refractivity contribution >= 4 is 26.7 Å². The zero-order valence-electron chi connectivity index (χ0n) is 18.1. The number of pyridine rings is 1.